The Kier molecular flexibility index (Phi) is 5.09. The van der Waals surface area contributed by atoms with Crippen molar-refractivity contribution in [1.29, 1.82) is 0 Å². The Labute approximate surface area is 164 Å². The number of nitrogens with zero attached hydrogens (tertiary/aromatic N) is 3. The summed E-state index contributed by atoms with van der Waals surface area (Å²) in [4.78, 5) is 28.7. The van der Waals surface area contributed by atoms with Gasteiger partial charge in [0, 0.05) is 18.5 Å². The molecule has 1 aromatic carbocycles. The molecule has 140 valence electrons. The minimum atomic E-state index is -0.444. The lowest BCUT2D eigenvalue weighted by Gasteiger charge is -2.22. The summed E-state index contributed by atoms with van der Waals surface area (Å²) in [5.74, 6) is -0.216. The normalized spacial score (nSPS) is 17.6. The maximum absolute atomic E-state index is 12.7. The molecule has 1 unspecified atom stereocenters. The standard InChI is InChI=1S/C19H20N4O2S2/c1-22-14-7-2-3-9-16(14)27-19(22)21-20-18(25)15-8-4-10-23(15)17(24)12-13-6-5-11-26-13/h2-3,5-7,9,11,15H,4,8,10,12H2,1H3,(H,20,25). The molecule has 0 bridgehead atoms. The minimum Gasteiger partial charge on any atom is -0.330 e. The summed E-state index contributed by atoms with van der Waals surface area (Å²) in [6.45, 7) is 0.624. The number of carbonyl (C=O) groups is 2. The fraction of sp³-hybridized carbons (Fsp3) is 0.316. The molecule has 1 fully saturated rings. The van der Waals surface area contributed by atoms with E-state index in [2.05, 4.69) is 10.5 Å². The van der Waals surface area contributed by atoms with E-state index < -0.39 is 6.04 Å². The van der Waals surface area contributed by atoms with Crippen LogP contribution in [0.3, 0.4) is 0 Å². The van der Waals surface area contributed by atoms with Gasteiger partial charge in [-0.15, -0.1) is 16.4 Å². The highest BCUT2D eigenvalue weighted by Crippen LogP contribution is 2.20. The SMILES string of the molecule is Cn1c(=NNC(=O)C2CCCN2C(=O)Cc2cccs2)sc2ccccc21. The topological polar surface area (TPSA) is 66.7 Å². The van der Waals surface area contributed by atoms with Crippen molar-refractivity contribution < 1.29 is 9.59 Å². The number of amides is 2. The van der Waals surface area contributed by atoms with E-state index in [0.717, 1.165) is 26.3 Å². The smallest absolute Gasteiger partial charge is 0.262 e. The molecule has 0 saturated carbocycles. The maximum atomic E-state index is 12.7. The maximum Gasteiger partial charge on any atom is 0.262 e. The van der Waals surface area contributed by atoms with E-state index >= 15 is 0 Å². The van der Waals surface area contributed by atoms with Crippen LogP contribution in [0.2, 0.25) is 0 Å². The van der Waals surface area contributed by atoms with Gasteiger partial charge in [0.05, 0.1) is 16.6 Å². The zero-order chi connectivity index (χ0) is 18.8. The number of rotatable bonds is 4. The minimum absolute atomic E-state index is 0.00233. The van der Waals surface area contributed by atoms with Gasteiger partial charge in [-0.1, -0.05) is 29.5 Å². The van der Waals surface area contributed by atoms with Crippen LogP contribution in [-0.2, 0) is 23.1 Å². The van der Waals surface area contributed by atoms with Crippen molar-refractivity contribution in [2.75, 3.05) is 6.54 Å². The summed E-state index contributed by atoms with van der Waals surface area (Å²) >= 11 is 3.08. The number of carbonyl (C=O) groups excluding carboxylic acids is 2. The van der Waals surface area contributed by atoms with Crippen LogP contribution < -0.4 is 10.2 Å². The fourth-order valence-corrected chi connectivity index (χ4v) is 5.04. The second-order valence-corrected chi connectivity index (χ2v) is 8.54. The predicted octanol–water partition coefficient (Wildman–Crippen LogP) is 2.47. The average molecular weight is 401 g/mol. The van der Waals surface area contributed by atoms with Crippen LogP contribution in [0, 0.1) is 0 Å². The Balaban J connectivity index is 1.48. The molecule has 27 heavy (non-hydrogen) atoms. The van der Waals surface area contributed by atoms with Crippen LogP contribution in [0.15, 0.2) is 46.9 Å². The van der Waals surface area contributed by atoms with E-state index in [1.807, 2.05) is 53.4 Å². The number of thiazole rings is 1. The summed E-state index contributed by atoms with van der Waals surface area (Å²) in [6.07, 6.45) is 1.87. The van der Waals surface area contributed by atoms with E-state index in [-0.39, 0.29) is 11.8 Å². The lowest BCUT2D eigenvalue weighted by Crippen LogP contribution is -2.45. The first-order valence-corrected chi connectivity index (χ1v) is 10.5. The number of hydrogen-bond acceptors (Lipinski definition) is 5. The van der Waals surface area contributed by atoms with E-state index in [9.17, 15) is 9.59 Å². The number of likely N-dealkylation sites (tertiary alicyclic amines) is 1. The quantitative estimate of drug-likeness (QED) is 0.684. The number of nitrogens with one attached hydrogen (secondary N) is 1. The lowest BCUT2D eigenvalue weighted by molar-refractivity contribution is -0.137. The highest BCUT2D eigenvalue weighted by Gasteiger charge is 2.34. The summed E-state index contributed by atoms with van der Waals surface area (Å²) in [5, 5.41) is 6.26. The molecule has 4 rings (SSSR count). The zero-order valence-corrected chi connectivity index (χ0v) is 16.6. The molecule has 3 heterocycles. The Bertz CT molecular complexity index is 1040. The third kappa shape index (κ3) is 3.68. The van der Waals surface area contributed by atoms with Crippen molar-refractivity contribution in [3.63, 3.8) is 0 Å². The molecule has 2 aromatic heterocycles. The average Bonchev–Trinajstić information content (AvgIpc) is 3.40. The zero-order valence-electron chi connectivity index (χ0n) is 14.9. The number of benzene rings is 1. The molecule has 1 N–H and O–H groups in total. The summed E-state index contributed by atoms with van der Waals surface area (Å²) in [6, 6.07) is 11.5. The van der Waals surface area contributed by atoms with E-state index in [0.29, 0.717) is 19.4 Å². The monoisotopic (exact) mass is 400 g/mol. The van der Waals surface area contributed by atoms with Crippen molar-refractivity contribution in [3.8, 4) is 0 Å². The molecule has 3 aromatic rings. The summed E-state index contributed by atoms with van der Waals surface area (Å²) in [7, 11) is 1.93. The van der Waals surface area contributed by atoms with Gasteiger partial charge in [-0.05, 0) is 36.4 Å². The Hall–Kier alpha value is -2.45. The van der Waals surface area contributed by atoms with Crippen molar-refractivity contribution >= 4 is 44.7 Å². The number of para-hydroxylation sites is 1. The van der Waals surface area contributed by atoms with Gasteiger partial charge in [0.1, 0.15) is 6.04 Å². The van der Waals surface area contributed by atoms with Gasteiger partial charge < -0.3 is 9.47 Å². The molecule has 0 spiro atoms. The van der Waals surface area contributed by atoms with Crippen molar-refractivity contribution in [1.82, 2.24) is 14.9 Å². The molecule has 0 aliphatic carbocycles. The number of aromatic nitrogens is 1. The second-order valence-electron chi connectivity index (χ2n) is 6.50. The van der Waals surface area contributed by atoms with Crippen LogP contribution in [-0.4, -0.2) is 33.9 Å². The van der Waals surface area contributed by atoms with Crippen LogP contribution >= 0.6 is 22.7 Å². The Morgan fingerprint density at radius 2 is 2.11 bits per heavy atom. The fourth-order valence-electron chi connectivity index (χ4n) is 3.37. The third-order valence-corrected chi connectivity index (χ3v) is 6.75. The number of thiophene rings is 1. The first kappa shape index (κ1) is 17.9. The Morgan fingerprint density at radius 3 is 2.89 bits per heavy atom. The highest BCUT2D eigenvalue weighted by molar-refractivity contribution is 7.16. The molecule has 1 saturated heterocycles. The molecular formula is C19H20N4O2S2. The van der Waals surface area contributed by atoms with Crippen LogP contribution in [0.1, 0.15) is 17.7 Å². The molecule has 1 atom stereocenters. The van der Waals surface area contributed by atoms with Crippen LogP contribution in [0.4, 0.5) is 0 Å². The van der Waals surface area contributed by atoms with Gasteiger partial charge in [0.2, 0.25) is 10.7 Å². The van der Waals surface area contributed by atoms with Crippen molar-refractivity contribution in [2.45, 2.75) is 25.3 Å². The lowest BCUT2D eigenvalue weighted by atomic mass is 10.2. The van der Waals surface area contributed by atoms with Gasteiger partial charge in [-0.25, -0.2) is 5.43 Å². The number of hydrogen-bond donors (Lipinski definition) is 1. The molecule has 0 radical (unpaired) electrons. The number of aryl methyl sites for hydroxylation is 1. The van der Waals surface area contributed by atoms with Gasteiger partial charge >= 0.3 is 0 Å². The van der Waals surface area contributed by atoms with Crippen LogP contribution in [0.5, 0.6) is 0 Å². The predicted molar refractivity (Wildman–Crippen MR) is 107 cm³/mol. The molecule has 6 nitrogen and oxygen atoms in total. The molecule has 1 aliphatic heterocycles. The van der Waals surface area contributed by atoms with Gasteiger partial charge in [-0.3, -0.25) is 9.59 Å². The van der Waals surface area contributed by atoms with E-state index in [4.69, 9.17) is 0 Å². The molecule has 2 amide bonds. The number of fused-ring (bicyclic) bond motifs is 1. The van der Waals surface area contributed by atoms with E-state index in [1.54, 1.807) is 16.2 Å². The van der Waals surface area contributed by atoms with Gasteiger partial charge in [-0.2, -0.15) is 0 Å². The summed E-state index contributed by atoms with van der Waals surface area (Å²) in [5.41, 5.74) is 3.74. The highest BCUT2D eigenvalue weighted by atomic mass is 32.1. The largest absolute Gasteiger partial charge is 0.330 e. The summed E-state index contributed by atoms with van der Waals surface area (Å²) < 4.78 is 3.07. The first-order valence-electron chi connectivity index (χ1n) is 8.83. The molecule has 8 heteroatoms. The van der Waals surface area contributed by atoms with Crippen LogP contribution in [0.25, 0.3) is 10.2 Å². The second kappa shape index (κ2) is 7.66. The van der Waals surface area contributed by atoms with Crippen molar-refractivity contribution in [3.05, 3.63) is 51.5 Å². The van der Waals surface area contributed by atoms with Gasteiger partial charge in [0.25, 0.3) is 5.91 Å². The van der Waals surface area contributed by atoms with E-state index in [1.165, 1.54) is 11.3 Å². The molecular weight excluding hydrogens is 380 g/mol. The van der Waals surface area contributed by atoms with Crippen molar-refractivity contribution in [2.24, 2.45) is 12.1 Å². The van der Waals surface area contributed by atoms with Gasteiger partial charge in [0.15, 0.2) is 0 Å². The first-order chi connectivity index (χ1) is 13.1. The third-order valence-electron chi connectivity index (χ3n) is 4.76. The Morgan fingerprint density at radius 1 is 1.26 bits per heavy atom. The molecule has 1 aliphatic rings.